The molecule has 0 aromatic heterocycles. The van der Waals surface area contributed by atoms with Gasteiger partial charge in [0.15, 0.2) is 17.6 Å². The molecule has 4 N–H and O–H groups in total. The van der Waals surface area contributed by atoms with E-state index >= 15 is 0 Å². The van der Waals surface area contributed by atoms with Crippen LogP contribution in [0.5, 0.6) is 40.2 Å². The normalized spacial score (nSPS) is 20.7. The number of fused-ring (bicyclic) bond motifs is 6. The highest BCUT2D eigenvalue weighted by molar-refractivity contribution is 5.83. The first-order chi connectivity index (χ1) is 18.3. The van der Waals surface area contributed by atoms with Crippen molar-refractivity contribution in [2.75, 3.05) is 21.3 Å². The molecule has 38 heavy (non-hydrogen) atoms. The second-order valence-corrected chi connectivity index (χ2v) is 10.5. The number of hydrogen-bond acceptors (Lipinski definition) is 8. The molecule has 200 valence electrons. The van der Waals surface area contributed by atoms with Gasteiger partial charge in [-0.15, -0.1) is 0 Å². The average Bonchev–Trinajstić information content (AvgIpc) is 3.38. The number of aromatic hydroxyl groups is 3. The maximum Gasteiger partial charge on any atom is 0.207 e. The van der Waals surface area contributed by atoms with Gasteiger partial charge in [0.2, 0.25) is 11.5 Å². The molecular weight excluding hydrogens is 488 g/mol. The summed E-state index contributed by atoms with van der Waals surface area (Å²) in [6.07, 6.45) is 3.48. The Balaban J connectivity index is 1.51. The molecule has 0 radical (unpaired) electrons. The largest absolute Gasteiger partial charge is 0.508 e. The first-order valence-electron chi connectivity index (χ1n) is 12.9. The summed E-state index contributed by atoms with van der Waals surface area (Å²) in [4.78, 5) is 0. The Kier molecular flexibility index (Phi) is 5.76. The van der Waals surface area contributed by atoms with Crippen molar-refractivity contribution in [2.45, 2.75) is 56.1 Å². The lowest BCUT2D eigenvalue weighted by molar-refractivity contribution is 0.0186. The Bertz CT molecular complexity index is 1420. The SMILES string of the molecule is COc1cc([C@@H]2Oc3cc(OC)c4c(c3C[C@H]2O)CC2(CCCC2)c2cc(O)ccc2-4)c(O)c(OC)c1O. The number of rotatable bonds is 4. The lowest BCUT2D eigenvalue weighted by Crippen LogP contribution is -2.34. The minimum absolute atomic E-state index is 0.0844. The summed E-state index contributed by atoms with van der Waals surface area (Å²) in [6, 6.07) is 8.87. The summed E-state index contributed by atoms with van der Waals surface area (Å²) < 4.78 is 22.7. The number of benzene rings is 3. The fourth-order valence-electron chi connectivity index (χ4n) is 6.83. The highest BCUT2D eigenvalue weighted by atomic mass is 16.5. The molecule has 1 aliphatic heterocycles. The molecule has 1 spiro atoms. The van der Waals surface area contributed by atoms with Crippen LogP contribution >= 0.6 is 0 Å². The first-order valence-corrected chi connectivity index (χ1v) is 12.9. The summed E-state index contributed by atoms with van der Waals surface area (Å²) in [5.41, 5.74) is 5.37. The van der Waals surface area contributed by atoms with Gasteiger partial charge in [0.05, 0.1) is 27.4 Å². The second-order valence-electron chi connectivity index (χ2n) is 10.5. The van der Waals surface area contributed by atoms with Crippen LogP contribution in [0.3, 0.4) is 0 Å². The molecule has 0 unspecified atom stereocenters. The second kappa shape index (κ2) is 8.91. The zero-order valence-corrected chi connectivity index (χ0v) is 21.7. The van der Waals surface area contributed by atoms with Crippen molar-refractivity contribution in [1.29, 1.82) is 0 Å². The zero-order valence-electron chi connectivity index (χ0n) is 21.7. The van der Waals surface area contributed by atoms with Gasteiger partial charge in [0, 0.05) is 34.6 Å². The van der Waals surface area contributed by atoms with E-state index in [2.05, 4.69) is 0 Å². The van der Waals surface area contributed by atoms with Crippen LogP contribution in [-0.2, 0) is 18.3 Å². The maximum atomic E-state index is 11.4. The van der Waals surface area contributed by atoms with E-state index < -0.39 is 12.2 Å². The Morgan fingerprint density at radius 2 is 1.61 bits per heavy atom. The van der Waals surface area contributed by atoms with Crippen LogP contribution in [0.25, 0.3) is 11.1 Å². The molecule has 3 aromatic carbocycles. The fraction of sp³-hybridized carbons (Fsp3) is 0.400. The van der Waals surface area contributed by atoms with Gasteiger partial charge in [-0.1, -0.05) is 18.9 Å². The lowest BCUT2D eigenvalue weighted by atomic mass is 9.65. The number of ether oxygens (including phenoxy) is 4. The Morgan fingerprint density at radius 3 is 2.29 bits per heavy atom. The van der Waals surface area contributed by atoms with Gasteiger partial charge in [0.1, 0.15) is 17.2 Å². The van der Waals surface area contributed by atoms with E-state index in [9.17, 15) is 20.4 Å². The van der Waals surface area contributed by atoms with Crippen LogP contribution < -0.4 is 18.9 Å². The van der Waals surface area contributed by atoms with Crippen molar-refractivity contribution in [1.82, 2.24) is 0 Å². The molecule has 1 saturated carbocycles. The minimum Gasteiger partial charge on any atom is -0.508 e. The molecule has 2 atom stereocenters. The summed E-state index contributed by atoms with van der Waals surface area (Å²) in [6.45, 7) is 0. The van der Waals surface area contributed by atoms with E-state index in [1.807, 2.05) is 18.2 Å². The van der Waals surface area contributed by atoms with Crippen molar-refractivity contribution < 1.29 is 39.4 Å². The Labute approximate surface area is 221 Å². The highest BCUT2D eigenvalue weighted by Gasteiger charge is 2.45. The summed E-state index contributed by atoms with van der Waals surface area (Å²) in [5.74, 6) is 0.799. The van der Waals surface area contributed by atoms with Gasteiger partial charge in [-0.2, -0.15) is 0 Å². The third-order valence-electron chi connectivity index (χ3n) is 8.58. The first kappa shape index (κ1) is 24.6. The average molecular weight is 521 g/mol. The van der Waals surface area contributed by atoms with Crippen molar-refractivity contribution in [2.24, 2.45) is 0 Å². The number of phenols is 3. The van der Waals surface area contributed by atoms with E-state index in [0.29, 0.717) is 17.9 Å². The Hall–Kier alpha value is -3.78. The molecule has 3 aromatic rings. The summed E-state index contributed by atoms with van der Waals surface area (Å²) in [7, 11) is 4.36. The van der Waals surface area contributed by atoms with Gasteiger partial charge in [-0.25, -0.2) is 0 Å². The van der Waals surface area contributed by atoms with E-state index in [1.165, 1.54) is 20.3 Å². The summed E-state index contributed by atoms with van der Waals surface area (Å²) >= 11 is 0. The third kappa shape index (κ3) is 3.46. The van der Waals surface area contributed by atoms with Gasteiger partial charge >= 0.3 is 0 Å². The van der Waals surface area contributed by atoms with Gasteiger partial charge in [-0.05, 0) is 54.2 Å². The van der Waals surface area contributed by atoms with Crippen molar-refractivity contribution in [3.8, 4) is 51.4 Å². The van der Waals surface area contributed by atoms with Crippen molar-refractivity contribution >= 4 is 0 Å². The van der Waals surface area contributed by atoms with E-state index in [0.717, 1.165) is 59.9 Å². The predicted octanol–water partition coefficient (Wildman–Crippen LogP) is 4.90. The smallest absolute Gasteiger partial charge is 0.207 e. The highest BCUT2D eigenvalue weighted by Crippen LogP contribution is 2.58. The number of phenolic OH excluding ortho intramolecular Hbond substituents is 3. The van der Waals surface area contributed by atoms with Crippen LogP contribution in [0.15, 0.2) is 30.3 Å². The number of hydrogen-bond donors (Lipinski definition) is 4. The van der Waals surface area contributed by atoms with E-state index in [4.69, 9.17) is 18.9 Å². The number of aliphatic hydroxyl groups excluding tert-OH is 1. The van der Waals surface area contributed by atoms with Crippen LogP contribution in [0, 0.1) is 0 Å². The predicted molar refractivity (Wildman–Crippen MR) is 140 cm³/mol. The molecule has 1 heterocycles. The topological polar surface area (TPSA) is 118 Å². The van der Waals surface area contributed by atoms with Crippen molar-refractivity contribution in [3.63, 3.8) is 0 Å². The monoisotopic (exact) mass is 520 g/mol. The molecule has 2 aliphatic carbocycles. The van der Waals surface area contributed by atoms with Gasteiger partial charge < -0.3 is 39.4 Å². The molecule has 0 saturated heterocycles. The van der Waals surface area contributed by atoms with E-state index in [1.54, 1.807) is 13.2 Å². The Morgan fingerprint density at radius 1 is 0.868 bits per heavy atom. The fourth-order valence-corrected chi connectivity index (χ4v) is 6.83. The standard InChI is InChI=1S/C30H32O8/c1-35-23-13-22-17(11-21(32)28(38-22)18-12-24(36-2)27(34)29(37-3)26(18)33)19-14-30(8-4-5-9-30)20-10-15(31)6-7-16(20)25(19)23/h6-7,10,12-13,21,28,31-34H,4-5,8-9,11,14H2,1-3H3/t21-,28+/m1/s1. The number of methoxy groups -OCH3 is 3. The van der Waals surface area contributed by atoms with Crippen LogP contribution in [0.2, 0.25) is 0 Å². The zero-order chi connectivity index (χ0) is 26.8. The molecule has 0 bridgehead atoms. The van der Waals surface area contributed by atoms with Crippen LogP contribution in [0.4, 0.5) is 0 Å². The molecule has 3 aliphatic rings. The number of aliphatic hydroxyl groups is 1. The van der Waals surface area contributed by atoms with Crippen LogP contribution in [0.1, 0.15) is 54.0 Å². The molecule has 1 fully saturated rings. The lowest BCUT2D eigenvalue weighted by Gasteiger charge is -2.41. The molecular formula is C30H32O8. The van der Waals surface area contributed by atoms with Crippen molar-refractivity contribution in [3.05, 3.63) is 52.6 Å². The third-order valence-corrected chi connectivity index (χ3v) is 8.58. The molecule has 0 amide bonds. The molecule has 6 rings (SSSR count). The van der Waals surface area contributed by atoms with Gasteiger partial charge in [0.25, 0.3) is 0 Å². The minimum atomic E-state index is -0.981. The molecule has 8 heteroatoms. The van der Waals surface area contributed by atoms with Crippen LogP contribution in [-0.4, -0.2) is 47.9 Å². The summed E-state index contributed by atoms with van der Waals surface area (Å²) in [5, 5.41) is 43.0. The molecule has 8 nitrogen and oxygen atoms in total. The van der Waals surface area contributed by atoms with E-state index in [-0.39, 0.29) is 39.7 Å². The quantitative estimate of drug-likeness (QED) is 0.384. The van der Waals surface area contributed by atoms with Gasteiger partial charge in [-0.3, -0.25) is 0 Å². The maximum absolute atomic E-state index is 11.4.